The number of benzene rings is 2. The first-order valence-electron chi connectivity index (χ1n) is 8.93. The number of para-hydroxylation sites is 1. The van der Waals surface area contributed by atoms with E-state index in [2.05, 4.69) is 5.32 Å². The van der Waals surface area contributed by atoms with Crippen molar-refractivity contribution in [3.63, 3.8) is 0 Å². The minimum Gasteiger partial charge on any atom is -0.484 e. The van der Waals surface area contributed by atoms with E-state index in [1.807, 2.05) is 36.9 Å². The minimum absolute atomic E-state index is 0.0337. The van der Waals surface area contributed by atoms with Gasteiger partial charge in [0.15, 0.2) is 6.61 Å². The fourth-order valence-electron chi connectivity index (χ4n) is 2.95. The van der Waals surface area contributed by atoms with Crippen LogP contribution in [0.25, 0.3) is 0 Å². The summed E-state index contributed by atoms with van der Waals surface area (Å²) in [6.07, 6.45) is 0. The van der Waals surface area contributed by atoms with Crippen LogP contribution in [0.5, 0.6) is 5.75 Å². The van der Waals surface area contributed by atoms with Crippen LogP contribution in [-0.2, 0) is 9.53 Å². The molecular formula is C21H24N2O4. The number of hydrogen-bond donors (Lipinski definition) is 1. The third-order valence-electron chi connectivity index (χ3n) is 4.42. The maximum atomic E-state index is 12.8. The van der Waals surface area contributed by atoms with Gasteiger partial charge in [-0.25, -0.2) is 0 Å². The molecule has 2 aromatic carbocycles. The summed E-state index contributed by atoms with van der Waals surface area (Å²) < 4.78 is 10.9. The van der Waals surface area contributed by atoms with Crippen LogP contribution in [-0.4, -0.2) is 48.6 Å². The molecule has 1 heterocycles. The maximum absolute atomic E-state index is 12.8. The lowest BCUT2D eigenvalue weighted by molar-refractivity contribution is -0.118. The van der Waals surface area contributed by atoms with Crippen LogP contribution in [0.15, 0.2) is 54.6 Å². The number of amides is 2. The highest BCUT2D eigenvalue weighted by atomic mass is 16.5. The van der Waals surface area contributed by atoms with Gasteiger partial charge in [0.2, 0.25) is 0 Å². The molecule has 142 valence electrons. The Morgan fingerprint density at radius 3 is 2.48 bits per heavy atom. The van der Waals surface area contributed by atoms with Crippen molar-refractivity contribution >= 4 is 17.5 Å². The zero-order valence-electron chi connectivity index (χ0n) is 15.6. The van der Waals surface area contributed by atoms with Crippen LogP contribution in [0.3, 0.4) is 0 Å². The van der Waals surface area contributed by atoms with E-state index in [1.165, 1.54) is 0 Å². The molecule has 0 saturated carbocycles. The van der Waals surface area contributed by atoms with Crippen molar-refractivity contribution in [2.75, 3.05) is 31.7 Å². The smallest absolute Gasteiger partial charge is 0.262 e. The second-order valence-electron chi connectivity index (χ2n) is 7.05. The van der Waals surface area contributed by atoms with Gasteiger partial charge in [-0.05, 0) is 50.2 Å². The van der Waals surface area contributed by atoms with E-state index in [0.717, 1.165) is 0 Å². The fourth-order valence-corrected chi connectivity index (χ4v) is 2.95. The van der Waals surface area contributed by atoms with Gasteiger partial charge >= 0.3 is 0 Å². The molecule has 2 aromatic rings. The third-order valence-corrected chi connectivity index (χ3v) is 4.42. The Balaban J connectivity index is 1.56. The van der Waals surface area contributed by atoms with Gasteiger partial charge in [-0.3, -0.25) is 9.59 Å². The van der Waals surface area contributed by atoms with Gasteiger partial charge in [0, 0.05) is 17.8 Å². The van der Waals surface area contributed by atoms with Gasteiger partial charge in [0.1, 0.15) is 5.75 Å². The zero-order chi connectivity index (χ0) is 19.3. The van der Waals surface area contributed by atoms with E-state index in [4.69, 9.17) is 9.47 Å². The third kappa shape index (κ3) is 4.86. The fraction of sp³-hybridized carbons (Fsp3) is 0.333. The molecule has 0 atom stereocenters. The summed E-state index contributed by atoms with van der Waals surface area (Å²) in [6.45, 7) is 5.55. The standard InChI is InChI=1S/C21H24N2O4/c1-21(2)15-26-13-12-23(21)20(25)16-8-10-17(11-9-16)22-19(24)14-27-18-6-4-3-5-7-18/h3-11H,12-15H2,1-2H3,(H,22,24). The zero-order valence-corrected chi connectivity index (χ0v) is 15.6. The van der Waals surface area contributed by atoms with Crippen molar-refractivity contribution in [1.29, 1.82) is 0 Å². The molecule has 1 N–H and O–H groups in total. The summed E-state index contributed by atoms with van der Waals surface area (Å²) in [4.78, 5) is 26.6. The largest absolute Gasteiger partial charge is 0.484 e. The Bertz CT molecular complexity index is 788. The Morgan fingerprint density at radius 2 is 1.81 bits per heavy atom. The summed E-state index contributed by atoms with van der Waals surface area (Å²) in [5, 5.41) is 2.77. The second-order valence-corrected chi connectivity index (χ2v) is 7.05. The van der Waals surface area contributed by atoms with E-state index in [1.54, 1.807) is 36.4 Å². The molecule has 1 aliphatic rings. The molecule has 0 spiro atoms. The summed E-state index contributed by atoms with van der Waals surface area (Å²) >= 11 is 0. The van der Waals surface area contributed by atoms with E-state index >= 15 is 0 Å². The van der Waals surface area contributed by atoms with Crippen LogP contribution in [0.1, 0.15) is 24.2 Å². The molecular weight excluding hydrogens is 344 g/mol. The molecule has 2 amide bonds. The number of anilines is 1. The van der Waals surface area contributed by atoms with Crippen LogP contribution in [0, 0.1) is 0 Å². The van der Waals surface area contributed by atoms with Crippen molar-refractivity contribution in [2.24, 2.45) is 0 Å². The quantitative estimate of drug-likeness (QED) is 0.881. The summed E-state index contributed by atoms with van der Waals surface area (Å²) in [6, 6.07) is 16.1. The van der Waals surface area contributed by atoms with Crippen LogP contribution >= 0.6 is 0 Å². The molecule has 0 bridgehead atoms. The molecule has 27 heavy (non-hydrogen) atoms. The topological polar surface area (TPSA) is 67.9 Å². The van der Waals surface area contributed by atoms with Crippen LogP contribution in [0.2, 0.25) is 0 Å². The summed E-state index contributed by atoms with van der Waals surface area (Å²) in [5.41, 5.74) is 0.870. The molecule has 6 heteroatoms. The predicted molar refractivity (Wildman–Crippen MR) is 103 cm³/mol. The number of nitrogens with zero attached hydrogens (tertiary/aromatic N) is 1. The lowest BCUT2D eigenvalue weighted by atomic mass is 10.0. The Hall–Kier alpha value is -2.86. The minimum atomic E-state index is -0.336. The highest BCUT2D eigenvalue weighted by molar-refractivity contribution is 5.96. The van der Waals surface area contributed by atoms with Gasteiger partial charge in [-0.15, -0.1) is 0 Å². The molecule has 0 radical (unpaired) electrons. The summed E-state index contributed by atoms with van der Waals surface area (Å²) in [5.74, 6) is 0.350. The van der Waals surface area contributed by atoms with Crippen molar-refractivity contribution in [3.05, 3.63) is 60.2 Å². The molecule has 0 aliphatic carbocycles. The van der Waals surface area contributed by atoms with E-state index < -0.39 is 0 Å². The molecule has 1 saturated heterocycles. The normalized spacial score (nSPS) is 15.9. The van der Waals surface area contributed by atoms with Crippen LogP contribution in [0.4, 0.5) is 5.69 Å². The maximum Gasteiger partial charge on any atom is 0.262 e. The first-order chi connectivity index (χ1) is 13.0. The number of rotatable bonds is 5. The van der Waals surface area contributed by atoms with Gasteiger partial charge in [0.25, 0.3) is 11.8 Å². The van der Waals surface area contributed by atoms with Gasteiger partial charge in [-0.1, -0.05) is 18.2 Å². The van der Waals surface area contributed by atoms with Gasteiger partial charge in [-0.2, -0.15) is 0 Å². The Kier molecular flexibility index (Phi) is 5.76. The molecule has 0 unspecified atom stereocenters. The highest BCUT2D eigenvalue weighted by Gasteiger charge is 2.34. The number of carbonyl (C=O) groups is 2. The van der Waals surface area contributed by atoms with Gasteiger partial charge < -0.3 is 19.7 Å². The van der Waals surface area contributed by atoms with Crippen molar-refractivity contribution in [3.8, 4) is 5.75 Å². The number of nitrogens with one attached hydrogen (secondary N) is 1. The number of carbonyl (C=O) groups excluding carboxylic acids is 2. The Labute approximate surface area is 159 Å². The number of hydrogen-bond acceptors (Lipinski definition) is 4. The average Bonchev–Trinajstić information content (AvgIpc) is 2.67. The van der Waals surface area contributed by atoms with E-state index in [0.29, 0.717) is 36.8 Å². The lowest BCUT2D eigenvalue weighted by Gasteiger charge is -2.42. The Morgan fingerprint density at radius 1 is 1.11 bits per heavy atom. The molecule has 0 aromatic heterocycles. The SMILES string of the molecule is CC1(C)COCCN1C(=O)c1ccc(NC(=O)COc2ccccc2)cc1. The van der Waals surface area contributed by atoms with Crippen LogP contribution < -0.4 is 10.1 Å². The molecule has 6 nitrogen and oxygen atoms in total. The monoisotopic (exact) mass is 368 g/mol. The average molecular weight is 368 g/mol. The first kappa shape index (κ1) is 18.9. The number of ether oxygens (including phenoxy) is 2. The molecule has 1 aliphatic heterocycles. The highest BCUT2D eigenvalue weighted by Crippen LogP contribution is 2.22. The lowest BCUT2D eigenvalue weighted by Crippen LogP contribution is -2.55. The van der Waals surface area contributed by atoms with Gasteiger partial charge in [0.05, 0.1) is 18.8 Å². The molecule has 1 fully saturated rings. The molecule has 3 rings (SSSR count). The predicted octanol–water partition coefficient (Wildman–Crippen LogP) is 2.96. The van der Waals surface area contributed by atoms with E-state index in [-0.39, 0.29) is 24.0 Å². The van der Waals surface area contributed by atoms with E-state index in [9.17, 15) is 9.59 Å². The van der Waals surface area contributed by atoms with Crippen molar-refractivity contribution < 1.29 is 19.1 Å². The first-order valence-corrected chi connectivity index (χ1v) is 8.93. The number of morpholine rings is 1. The van der Waals surface area contributed by atoms with Crippen molar-refractivity contribution in [2.45, 2.75) is 19.4 Å². The summed E-state index contributed by atoms with van der Waals surface area (Å²) in [7, 11) is 0. The van der Waals surface area contributed by atoms with Crippen molar-refractivity contribution in [1.82, 2.24) is 4.90 Å². The second kappa shape index (κ2) is 8.22.